The molecule has 1 unspecified atom stereocenters. The molecule has 1 aromatic carbocycles. The van der Waals surface area contributed by atoms with Crippen molar-refractivity contribution in [1.82, 2.24) is 5.32 Å². The molecule has 1 fully saturated rings. The molecule has 2 rings (SSSR count). The first-order chi connectivity index (χ1) is 8.50. The van der Waals surface area contributed by atoms with Crippen LogP contribution in [-0.2, 0) is 14.8 Å². The van der Waals surface area contributed by atoms with Gasteiger partial charge >= 0.3 is 0 Å². The number of hydrogen-bond donors (Lipinski definition) is 3. The molecule has 1 saturated heterocycles. The number of rotatable bonds is 4. The molecule has 0 amide bonds. The molecule has 1 aliphatic heterocycles. The lowest BCUT2D eigenvalue weighted by atomic mass is 10.2. The number of anilines is 1. The van der Waals surface area contributed by atoms with E-state index in [9.17, 15) is 8.42 Å². The van der Waals surface area contributed by atoms with Gasteiger partial charge in [0.2, 0.25) is 10.0 Å². The molecular formula is C11H17N3O3S. The van der Waals surface area contributed by atoms with Crippen LogP contribution in [0.15, 0.2) is 29.2 Å². The van der Waals surface area contributed by atoms with E-state index in [0.29, 0.717) is 0 Å². The van der Waals surface area contributed by atoms with E-state index in [4.69, 9.17) is 9.88 Å². The molecule has 0 spiro atoms. The fourth-order valence-corrected chi connectivity index (χ4v) is 2.52. The summed E-state index contributed by atoms with van der Waals surface area (Å²) in [5.74, 6) is 0. The highest BCUT2D eigenvalue weighted by molar-refractivity contribution is 7.89. The third-order valence-electron chi connectivity index (χ3n) is 3.00. The fourth-order valence-electron chi connectivity index (χ4n) is 2.00. The van der Waals surface area contributed by atoms with Crippen molar-refractivity contribution in [3.63, 3.8) is 0 Å². The summed E-state index contributed by atoms with van der Waals surface area (Å²) in [5, 5.41) is 11.6. The highest BCUT2D eigenvalue weighted by Gasteiger charge is 2.26. The van der Waals surface area contributed by atoms with E-state index in [2.05, 4.69) is 10.6 Å². The van der Waals surface area contributed by atoms with Crippen molar-refractivity contribution in [1.29, 1.82) is 0 Å². The minimum atomic E-state index is -3.63. The second-order valence-corrected chi connectivity index (χ2v) is 5.81. The number of nitrogens with one attached hydrogen (secondary N) is 2. The predicted molar refractivity (Wildman–Crippen MR) is 68.9 cm³/mol. The zero-order valence-corrected chi connectivity index (χ0v) is 10.9. The maximum absolute atomic E-state index is 11.1. The van der Waals surface area contributed by atoms with Crippen molar-refractivity contribution < 1.29 is 13.2 Å². The Hall–Kier alpha value is -1.15. The summed E-state index contributed by atoms with van der Waals surface area (Å²) in [4.78, 5) is 0.112. The van der Waals surface area contributed by atoms with Crippen molar-refractivity contribution in [2.24, 2.45) is 5.14 Å². The van der Waals surface area contributed by atoms with E-state index in [0.717, 1.165) is 18.8 Å². The van der Waals surface area contributed by atoms with E-state index in [-0.39, 0.29) is 17.0 Å². The lowest BCUT2D eigenvalue weighted by Crippen LogP contribution is -2.33. The Kier molecular flexibility index (Phi) is 3.86. The van der Waals surface area contributed by atoms with Gasteiger partial charge in [-0.25, -0.2) is 13.6 Å². The molecular weight excluding hydrogens is 254 g/mol. The lowest BCUT2D eigenvalue weighted by Gasteiger charge is -2.19. The van der Waals surface area contributed by atoms with Gasteiger partial charge in [-0.05, 0) is 24.3 Å². The summed E-state index contributed by atoms with van der Waals surface area (Å²) in [5.41, 5.74) is 0.846. The number of sulfonamides is 1. The topological polar surface area (TPSA) is 93.4 Å². The maximum atomic E-state index is 11.1. The van der Waals surface area contributed by atoms with E-state index in [1.165, 1.54) is 12.1 Å². The van der Waals surface area contributed by atoms with Crippen LogP contribution >= 0.6 is 0 Å². The van der Waals surface area contributed by atoms with Crippen LogP contribution in [0.25, 0.3) is 0 Å². The number of methoxy groups -OCH3 is 1. The fraction of sp³-hybridized carbons (Fsp3) is 0.455. The van der Waals surface area contributed by atoms with E-state index in [1.807, 2.05) is 0 Å². The molecule has 2 atom stereocenters. The second-order valence-electron chi connectivity index (χ2n) is 4.25. The molecule has 0 saturated carbocycles. The van der Waals surface area contributed by atoms with Gasteiger partial charge in [0.05, 0.1) is 17.0 Å². The van der Waals surface area contributed by atoms with Crippen molar-refractivity contribution in [3.8, 4) is 0 Å². The minimum Gasteiger partial charge on any atom is -0.378 e. The summed E-state index contributed by atoms with van der Waals surface area (Å²) in [6.07, 6.45) is 0.114. The Labute approximate surface area is 107 Å². The molecule has 4 N–H and O–H groups in total. The van der Waals surface area contributed by atoms with Gasteiger partial charge in [0.1, 0.15) is 0 Å². The number of ether oxygens (including phenoxy) is 1. The summed E-state index contributed by atoms with van der Waals surface area (Å²) < 4.78 is 27.6. The first kappa shape index (κ1) is 13.3. The van der Waals surface area contributed by atoms with Crippen LogP contribution in [0, 0.1) is 0 Å². The molecule has 1 heterocycles. The average Bonchev–Trinajstić information content (AvgIpc) is 2.76. The summed E-state index contributed by atoms with van der Waals surface area (Å²) >= 11 is 0. The van der Waals surface area contributed by atoms with E-state index < -0.39 is 10.0 Å². The second kappa shape index (κ2) is 5.23. The third kappa shape index (κ3) is 2.99. The van der Waals surface area contributed by atoms with Gasteiger partial charge in [0.15, 0.2) is 0 Å². The SMILES string of the molecule is CO[C@H]1CNCC1Nc1ccc(S(N)(=O)=O)cc1. The number of nitrogens with two attached hydrogens (primary N) is 1. The highest BCUT2D eigenvalue weighted by atomic mass is 32.2. The zero-order chi connectivity index (χ0) is 13.2. The molecule has 0 aliphatic carbocycles. The molecule has 1 aromatic rings. The van der Waals surface area contributed by atoms with Crippen LogP contribution in [0.5, 0.6) is 0 Å². The molecule has 0 radical (unpaired) electrons. The normalized spacial score (nSPS) is 24.1. The number of primary sulfonamides is 1. The van der Waals surface area contributed by atoms with Crippen LogP contribution < -0.4 is 15.8 Å². The van der Waals surface area contributed by atoms with Gasteiger partial charge in [0.25, 0.3) is 0 Å². The van der Waals surface area contributed by atoms with Crippen LogP contribution in [0.2, 0.25) is 0 Å². The standard InChI is InChI=1S/C11H17N3O3S/c1-17-11-7-13-6-10(11)14-8-2-4-9(5-3-8)18(12,15)16/h2-5,10-11,13-14H,6-7H2,1H3,(H2,12,15,16)/t10?,11-/m0/s1. The van der Waals surface area contributed by atoms with Crippen molar-refractivity contribution in [2.45, 2.75) is 17.0 Å². The van der Waals surface area contributed by atoms with Gasteiger partial charge < -0.3 is 15.4 Å². The van der Waals surface area contributed by atoms with Crippen molar-refractivity contribution >= 4 is 15.7 Å². The molecule has 0 bridgehead atoms. The van der Waals surface area contributed by atoms with Gasteiger partial charge in [-0.15, -0.1) is 0 Å². The Morgan fingerprint density at radius 2 is 2.00 bits per heavy atom. The van der Waals surface area contributed by atoms with E-state index in [1.54, 1.807) is 19.2 Å². The lowest BCUT2D eigenvalue weighted by molar-refractivity contribution is 0.111. The van der Waals surface area contributed by atoms with Crippen molar-refractivity contribution in [3.05, 3.63) is 24.3 Å². The van der Waals surface area contributed by atoms with E-state index >= 15 is 0 Å². The van der Waals surface area contributed by atoms with Crippen LogP contribution in [-0.4, -0.2) is 40.8 Å². The van der Waals surface area contributed by atoms with Gasteiger partial charge in [-0.1, -0.05) is 0 Å². The van der Waals surface area contributed by atoms with Crippen LogP contribution in [0.1, 0.15) is 0 Å². The summed E-state index contributed by atoms with van der Waals surface area (Å²) in [6.45, 7) is 1.62. The Bertz CT molecular complexity index is 501. The average molecular weight is 271 g/mol. The Morgan fingerprint density at radius 1 is 1.33 bits per heavy atom. The molecule has 7 heteroatoms. The molecule has 18 heavy (non-hydrogen) atoms. The van der Waals surface area contributed by atoms with Gasteiger partial charge in [0, 0.05) is 25.9 Å². The zero-order valence-electron chi connectivity index (χ0n) is 10.1. The molecule has 6 nitrogen and oxygen atoms in total. The Balaban J connectivity index is 2.07. The maximum Gasteiger partial charge on any atom is 0.238 e. The van der Waals surface area contributed by atoms with Gasteiger partial charge in [-0.3, -0.25) is 0 Å². The third-order valence-corrected chi connectivity index (χ3v) is 3.93. The number of benzene rings is 1. The first-order valence-electron chi connectivity index (χ1n) is 5.63. The first-order valence-corrected chi connectivity index (χ1v) is 7.18. The highest BCUT2D eigenvalue weighted by Crippen LogP contribution is 2.16. The number of hydrogen-bond acceptors (Lipinski definition) is 5. The molecule has 1 aliphatic rings. The quantitative estimate of drug-likeness (QED) is 0.701. The minimum absolute atomic E-state index is 0.112. The molecule has 0 aromatic heterocycles. The molecule has 100 valence electrons. The Morgan fingerprint density at radius 3 is 2.56 bits per heavy atom. The van der Waals surface area contributed by atoms with Gasteiger partial charge in [-0.2, -0.15) is 0 Å². The summed E-state index contributed by atoms with van der Waals surface area (Å²) in [6, 6.07) is 6.55. The largest absolute Gasteiger partial charge is 0.378 e. The smallest absolute Gasteiger partial charge is 0.238 e. The van der Waals surface area contributed by atoms with Crippen LogP contribution in [0.3, 0.4) is 0 Å². The predicted octanol–water partition coefficient (Wildman–Crippen LogP) is -0.267. The van der Waals surface area contributed by atoms with Crippen molar-refractivity contribution in [2.75, 3.05) is 25.5 Å². The summed E-state index contributed by atoms with van der Waals surface area (Å²) in [7, 11) is -1.95. The monoisotopic (exact) mass is 271 g/mol. The van der Waals surface area contributed by atoms with Crippen LogP contribution in [0.4, 0.5) is 5.69 Å².